The maximum atomic E-state index is 9.07. The van der Waals surface area contributed by atoms with Crippen molar-refractivity contribution in [2.45, 2.75) is 26.9 Å². The molecule has 3 heteroatoms. The molecule has 0 aromatic carbocycles. The van der Waals surface area contributed by atoms with Crippen molar-refractivity contribution in [1.82, 2.24) is 4.98 Å². The number of rotatable bonds is 1. The summed E-state index contributed by atoms with van der Waals surface area (Å²) in [6, 6.07) is 1.91. The molecule has 1 aliphatic rings. The van der Waals surface area contributed by atoms with Gasteiger partial charge in [-0.1, -0.05) is 37.6 Å². The van der Waals surface area contributed by atoms with Gasteiger partial charge in [0, 0.05) is 5.56 Å². The number of hydrogen-bond acceptors (Lipinski definition) is 2. The Bertz CT molecular complexity index is 505. The predicted molar refractivity (Wildman–Crippen MR) is 61.7 cm³/mol. The molecule has 0 unspecified atom stereocenters. The molecule has 0 radical (unpaired) electrons. The maximum Gasteiger partial charge on any atom is 0.135 e. The number of fused-ring (bicyclic) bond motifs is 1. The Morgan fingerprint density at radius 1 is 1.53 bits per heavy atom. The Morgan fingerprint density at radius 2 is 2.27 bits per heavy atom. The number of hydrogen-bond donors (Lipinski definition) is 1. The van der Waals surface area contributed by atoms with Crippen molar-refractivity contribution >= 4 is 23.8 Å². The first-order valence-corrected chi connectivity index (χ1v) is 5.39. The van der Waals surface area contributed by atoms with Crippen molar-refractivity contribution in [3.63, 3.8) is 0 Å². The summed E-state index contributed by atoms with van der Waals surface area (Å²) in [5.74, 6) is 0. The van der Waals surface area contributed by atoms with E-state index >= 15 is 0 Å². The number of nitrogens with zero attached hydrogens (tertiary/aromatic N) is 1. The minimum absolute atomic E-state index is 0.0592. The van der Waals surface area contributed by atoms with E-state index in [-0.39, 0.29) is 12.0 Å². The monoisotopic (exact) mass is 223 g/mol. The molecule has 2 nitrogen and oxygen atoms in total. The summed E-state index contributed by atoms with van der Waals surface area (Å²) in [4.78, 5) is 4.30. The zero-order valence-electron chi connectivity index (χ0n) is 8.92. The fourth-order valence-corrected chi connectivity index (χ4v) is 1.96. The summed E-state index contributed by atoms with van der Waals surface area (Å²) < 4.78 is 0. The molecule has 1 aliphatic carbocycles. The number of pyridine rings is 1. The lowest BCUT2D eigenvalue weighted by atomic mass is 9.85. The number of aromatic nitrogens is 1. The minimum atomic E-state index is -0.0592. The topological polar surface area (TPSA) is 33.1 Å². The molecule has 0 atom stereocenters. The zero-order valence-corrected chi connectivity index (χ0v) is 9.67. The van der Waals surface area contributed by atoms with E-state index in [1.54, 1.807) is 0 Å². The largest absolute Gasteiger partial charge is 0.392 e. The third-order valence-corrected chi connectivity index (χ3v) is 2.98. The Labute approximate surface area is 93.9 Å². The molecule has 0 fully saturated rings. The van der Waals surface area contributed by atoms with Crippen LogP contribution < -0.4 is 10.6 Å². The summed E-state index contributed by atoms with van der Waals surface area (Å²) in [6.45, 7) is 4.28. The van der Waals surface area contributed by atoms with Crippen molar-refractivity contribution in [2.75, 3.05) is 0 Å². The van der Waals surface area contributed by atoms with Gasteiger partial charge in [0.05, 0.1) is 12.0 Å². The highest BCUT2D eigenvalue weighted by molar-refractivity contribution is 6.30. The molecule has 0 bridgehead atoms. The van der Waals surface area contributed by atoms with Crippen LogP contribution in [0.25, 0.3) is 12.2 Å². The van der Waals surface area contributed by atoms with E-state index in [4.69, 9.17) is 16.7 Å². The smallest absolute Gasteiger partial charge is 0.135 e. The Hall–Kier alpha value is -0.860. The summed E-state index contributed by atoms with van der Waals surface area (Å²) >= 11 is 5.95. The fourth-order valence-electron chi connectivity index (χ4n) is 1.76. The fraction of sp³-hybridized carbons (Fsp3) is 0.417. The van der Waals surface area contributed by atoms with Crippen LogP contribution in [0.15, 0.2) is 6.07 Å². The first-order chi connectivity index (χ1) is 7.02. The van der Waals surface area contributed by atoms with Crippen molar-refractivity contribution in [3.8, 4) is 0 Å². The molecule has 0 spiro atoms. The standard InChI is InChI=1S/C12H14ClNO/c1-12(2)4-3-8-5-9(7-15)11(13)14-10(8)6-12/h3,5-6,15H,4,7H2,1-2H3. The van der Waals surface area contributed by atoms with Crippen molar-refractivity contribution in [2.24, 2.45) is 5.41 Å². The molecule has 0 aliphatic heterocycles. The van der Waals surface area contributed by atoms with Crippen LogP contribution in [0.5, 0.6) is 0 Å². The molecule has 80 valence electrons. The molecule has 1 N–H and O–H groups in total. The third kappa shape index (κ3) is 2.06. The lowest BCUT2D eigenvalue weighted by Gasteiger charge is -2.20. The molecule has 0 amide bonds. The van der Waals surface area contributed by atoms with E-state index in [0.29, 0.717) is 10.7 Å². The lowest BCUT2D eigenvalue weighted by molar-refractivity contribution is 0.281. The van der Waals surface area contributed by atoms with Gasteiger partial charge in [-0.3, -0.25) is 0 Å². The lowest BCUT2D eigenvalue weighted by Crippen LogP contribution is -2.35. The van der Waals surface area contributed by atoms with Crippen molar-refractivity contribution < 1.29 is 5.11 Å². The number of halogens is 1. The van der Waals surface area contributed by atoms with Gasteiger partial charge in [-0.15, -0.1) is 0 Å². The van der Waals surface area contributed by atoms with Gasteiger partial charge in [0.1, 0.15) is 5.15 Å². The van der Waals surface area contributed by atoms with Crippen LogP contribution in [0.2, 0.25) is 5.15 Å². The second-order valence-electron chi connectivity index (χ2n) is 4.61. The van der Waals surface area contributed by atoms with E-state index < -0.39 is 0 Å². The summed E-state index contributed by atoms with van der Waals surface area (Å²) in [7, 11) is 0. The van der Waals surface area contributed by atoms with E-state index in [9.17, 15) is 0 Å². The van der Waals surface area contributed by atoms with Gasteiger partial charge in [0.15, 0.2) is 0 Å². The second kappa shape index (κ2) is 3.62. The number of aliphatic hydroxyl groups is 1. The molecule has 0 saturated carbocycles. The Morgan fingerprint density at radius 3 is 2.93 bits per heavy atom. The van der Waals surface area contributed by atoms with Gasteiger partial charge in [-0.2, -0.15) is 0 Å². The SMILES string of the molecule is CC1(C)C=c2nc(Cl)c(CO)cc2=CC1. The van der Waals surface area contributed by atoms with Gasteiger partial charge in [0.2, 0.25) is 0 Å². The third-order valence-electron chi connectivity index (χ3n) is 2.65. The maximum absolute atomic E-state index is 9.07. The van der Waals surface area contributed by atoms with Crippen LogP contribution in [0, 0.1) is 5.41 Å². The molecule has 2 rings (SSSR count). The van der Waals surface area contributed by atoms with Crippen LogP contribution in [0.1, 0.15) is 25.8 Å². The zero-order chi connectivity index (χ0) is 11.1. The average Bonchev–Trinajstić information content (AvgIpc) is 2.15. The van der Waals surface area contributed by atoms with Crippen LogP contribution >= 0.6 is 11.6 Å². The number of aliphatic hydroxyl groups excluding tert-OH is 1. The predicted octanol–water partition coefficient (Wildman–Crippen LogP) is 1.22. The van der Waals surface area contributed by atoms with Gasteiger partial charge in [0.25, 0.3) is 0 Å². The van der Waals surface area contributed by atoms with E-state index in [2.05, 4.69) is 31.0 Å². The van der Waals surface area contributed by atoms with Crippen LogP contribution in [0.3, 0.4) is 0 Å². The summed E-state index contributed by atoms with van der Waals surface area (Å²) in [5.41, 5.74) is 0.837. The van der Waals surface area contributed by atoms with Crippen LogP contribution in [-0.2, 0) is 6.61 Å². The summed E-state index contributed by atoms with van der Waals surface area (Å²) in [6.07, 6.45) is 5.28. The highest BCUT2D eigenvalue weighted by atomic mass is 35.5. The highest BCUT2D eigenvalue weighted by Gasteiger charge is 2.16. The molecule has 15 heavy (non-hydrogen) atoms. The van der Waals surface area contributed by atoms with Crippen molar-refractivity contribution in [3.05, 3.63) is 27.4 Å². The molecule has 1 heterocycles. The Kier molecular flexibility index (Phi) is 2.57. The van der Waals surface area contributed by atoms with Gasteiger partial charge in [-0.05, 0) is 23.1 Å². The van der Waals surface area contributed by atoms with Gasteiger partial charge < -0.3 is 5.11 Å². The molecular weight excluding hydrogens is 210 g/mol. The first-order valence-electron chi connectivity index (χ1n) is 5.01. The normalized spacial score (nSPS) is 17.6. The molecule has 1 aromatic rings. The van der Waals surface area contributed by atoms with Crippen LogP contribution in [0.4, 0.5) is 0 Å². The van der Waals surface area contributed by atoms with E-state index in [0.717, 1.165) is 17.0 Å². The first kappa shape index (κ1) is 10.7. The summed E-state index contributed by atoms with van der Waals surface area (Å²) in [5, 5.41) is 11.5. The molecular formula is C12H14ClNO. The average molecular weight is 224 g/mol. The van der Waals surface area contributed by atoms with Crippen LogP contribution in [-0.4, -0.2) is 10.1 Å². The van der Waals surface area contributed by atoms with Crippen molar-refractivity contribution in [1.29, 1.82) is 0 Å². The van der Waals surface area contributed by atoms with Gasteiger partial charge >= 0.3 is 0 Å². The van der Waals surface area contributed by atoms with E-state index in [1.807, 2.05) is 6.07 Å². The van der Waals surface area contributed by atoms with Gasteiger partial charge in [-0.25, -0.2) is 4.98 Å². The quantitative estimate of drug-likeness (QED) is 0.727. The second-order valence-corrected chi connectivity index (χ2v) is 4.97. The minimum Gasteiger partial charge on any atom is -0.392 e. The Balaban J connectivity index is 2.69. The van der Waals surface area contributed by atoms with E-state index in [1.165, 1.54) is 0 Å². The molecule has 1 aromatic heterocycles. The highest BCUT2D eigenvalue weighted by Crippen LogP contribution is 2.23. The molecule has 0 saturated heterocycles.